The van der Waals surface area contributed by atoms with Gasteiger partial charge in [-0.3, -0.25) is 0 Å². The van der Waals surface area contributed by atoms with Crippen LogP contribution in [0, 0.1) is 0 Å². The van der Waals surface area contributed by atoms with Gasteiger partial charge < -0.3 is 0 Å². The predicted molar refractivity (Wildman–Crippen MR) is 51.6 cm³/mol. The van der Waals surface area contributed by atoms with E-state index in [0.29, 0.717) is 19.1 Å². The van der Waals surface area contributed by atoms with Crippen molar-refractivity contribution in [1.82, 2.24) is 0 Å². The van der Waals surface area contributed by atoms with Crippen LogP contribution < -0.4 is 0 Å². The molecular weight excluding hydrogens is 237 g/mol. The second-order valence-corrected chi connectivity index (χ2v) is 18.0. The van der Waals surface area contributed by atoms with E-state index in [4.69, 9.17) is 0 Å². The van der Waals surface area contributed by atoms with Crippen LogP contribution in [0.5, 0.6) is 0 Å². The molecule has 3 unspecified atom stereocenters. The summed E-state index contributed by atoms with van der Waals surface area (Å²) in [5.41, 5.74) is 0. The Balaban J connectivity index is 4.05. The number of hydrogen-bond acceptors (Lipinski definition) is 1. The molecule has 0 amide bonds. The monoisotopic (exact) mass is 238 g/mol. The van der Waals surface area contributed by atoms with Crippen LogP contribution in [0.1, 0.15) is 0 Å². The van der Waals surface area contributed by atoms with Gasteiger partial charge in [0.25, 0.3) is 0 Å². The second-order valence-electron chi connectivity index (χ2n) is 0.711. The van der Waals surface area contributed by atoms with Crippen LogP contribution in [-0.2, 0) is 0 Å². The molecule has 0 aromatic rings. The summed E-state index contributed by atoms with van der Waals surface area (Å²) in [5.74, 6) is -0.830. The summed E-state index contributed by atoms with van der Waals surface area (Å²) < 4.78 is 11.6. The third kappa shape index (κ3) is 4.31. The van der Waals surface area contributed by atoms with E-state index >= 15 is 0 Å². The first-order valence-corrected chi connectivity index (χ1v) is 11.5. The van der Waals surface area contributed by atoms with E-state index < -0.39 is 12.3 Å². The van der Waals surface area contributed by atoms with Crippen molar-refractivity contribution in [3.8, 4) is 0 Å². The average Bonchev–Trinajstić information content (AvgIpc) is 1.84. The summed E-state index contributed by atoms with van der Waals surface area (Å²) in [6, 6.07) is 0. The van der Waals surface area contributed by atoms with E-state index in [9.17, 15) is 3.89 Å². The Bertz CT molecular complexity index is 227. The van der Waals surface area contributed by atoms with Gasteiger partial charge in [0.15, 0.2) is 0 Å². The molecule has 44 valence electrons. The first-order valence-electron chi connectivity index (χ1n) is 1.38. The van der Waals surface area contributed by atoms with E-state index in [1.165, 1.54) is 0 Å². The molecule has 0 radical (unpaired) electrons. The van der Waals surface area contributed by atoms with Gasteiger partial charge in [-0.05, 0) is 0 Å². The van der Waals surface area contributed by atoms with Crippen molar-refractivity contribution < 1.29 is 3.89 Å². The Morgan fingerprint density at radius 3 is 2.12 bits per heavy atom. The van der Waals surface area contributed by atoms with Gasteiger partial charge in [0.2, 0.25) is 0 Å². The van der Waals surface area contributed by atoms with Gasteiger partial charge in [-0.2, -0.15) is 0 Å². The fraction of sp³-hybridized carbons (Fsp3) is 0. The molecule has 0 bridgehead atoms. The maximum absolute atomic E-state index is 11.6. The first kappa shape index (κ1) is 10.5. The summed E-state index contributed by atoms with van der Waals surface area (Å²) in [6.45, 7) is 0. The van der Waals surface area contributed by atoms with E-state index in [0.717, 1.165) is 0 Å². The second kappa shape index (κ2) is 6.20. The molecule has 0 rings (SSSR count). The fourth-order valence-electron chi connectivity index (χ4n) is 0.0675. The van der Waals surface area contributed by atoms with Crippen LogP contribution in [0.4, 0.5) is 3.89 Å². The molecular formula is HFP6S. The zero-order valence-electron chi connectivity index (χ0n) is 3.52. The molecule has 0 aliphatic heterocycles. The molecule has 0 heterocycles. The predicted octanol–water partition coefficient (Wildman–Crippen LogP) is 5.97. The average molecular weight is 238 g/mol. The molecule has 0 saturated heterocycles. The van der Waals surface area contributed by atoms with Crippen molar-refractivity contribution in [2.75, 3.05) is 0 Å². The van der Waals surface area contributed by atoms with Gasteiger partial charge in [-0.1, -0.05) is 0 Å². The quantitative estimate of drug-likeness (QED) is 0.468. The van der Waals surface area contributed by atoms with E-state index in [1.807, 2.05) is 0 Å². The molecule has 0 aliphatic carbocycles. The molecule has 0 aromatic carbocycles. The van der Waals surface area contributed by atoms with Crippen molar-refractivity contribution in [1.29, 1.82) is 0 Å². The van der Waals surface area contributed by atoms with E-state index in [-0.39, 0.29) is 0 Å². The van der Waals surface area contributed by atoms with Crippen molar-refractivity contribution in [2.24, 2.45) is 0 Å². The van der Waals surface area contributed by atoms with Crippen LogP contribution in [0.25, 0.3) is 0 Å². The van der Waals surface area contributed by atoms with Crippen LogP contribution in [0.2, 0.25) is 0 Å². The van der Waals surface area contributed by atoms with Crippen molar-refractivity contribution in [3.63, 3.8) is 0 Å². The minimum absolute atomic E-state index is 0.297. The Morgan fingerprint density at radius 1 is 1.50 bits per heavy atom. The molecule has 0 nitrogen and oxygen atoms in total. The SMILES string of the molecule is FSP(#P)P(#P)[PH]#P. The molecule has 0 saturated carbocycles. The minimum atomic E-state index is -0.830. The Morgan fingerprint density at radius 2 is 2.00 bits per heavy atom. The van der Waals surface area contributed by atoms with Crippen LogP contribution in [0.15, 0.2) is 0 Å². The molecule has 8 heteroatoms. The van der Waals surface area contributed by atoms with E-state index in [2.05, 4.69) is 25.0 Å². The van der Waals surface area contributed by atoms with E-state index in [1.54, 1.807) is 0 Å². The molecule has 0 spiro atoms. The Labute approximate surface area is 60.6 Å². The first-order chi connectivity index (χ1) is 3.72. The Kier molecular flexibility index (Phi) is 8.11. The number of halogens is 1. The maximum atomic E-state index is 11.6. The zero-order valence-corrected chi connectivity index (χ0v) is 9.81. The summed E-state index contributed by atoms with van der Waals surface area (Å²) in [4.78, 5) is 0. The molecule has 0 N–H and O–H groups in total. The van der Waals surface area contributed by atoms with Gasteiger partial charge in [-0.15, -0.1) is 0 Å². The third-order valence-corrected chi connectivity index (χ3v) is 22.0. The van der Waals surface area contributed by atoms with Crippen LogP contribution in [-0.4, -0.2) is 0 Å². The van der Waals surface area contributed by atoms with Gasteiger partial charge in [0.05, 0.1) is 0 Å². The molecule has 0 fully saturated rings. The normalized spacial score (nSPS) is 13.2. The number of rotatable bonds is 0. The third-order valence-electron chi connectivity index (χ3n) is 0.313. The molecule has 8 heavy (non-hydrogen) atoms. The molecule has 3 atom stereocenters. The summed E-state index contributed by atoms with van der Waals surface area (Å²) in [7, 11) is 12.5. The van der Waals surface area contributed by atoms with Gasteiger partial charge in [0.1, 0.15) is 0 Å². The fourth-order valence-corrected chi connectivity index (χ4v) is 11.7. The summed E-state index contributed by atoms with van der Waals surface area (Å²) in [6.07, 6.45) is -0.536. The molecule has 0 aliphatic rings. The van der Waals surface area contributed by atoms with Crippen molar-refractivity contribution in [3.05, 3.63) is 0 Å². The van der Waals surface area contributed by atoms with Crippen molar-refractivity contribution >= 4 is 56.5 Å². The number of hydrogen-bond donors (Lipinski definition) is 0. The topological polar surface area (TPSA) is 0 Å². The van der Waals surface area contributed by atoms with Crippen LogP contribution in [0.3, 0.4) is 0 Å². The zero-order chi connectivity index (χ0) is 6.57. The van der Waals surface area contributed by atoms with Gasteiger partial charge in [-0.25, -0.2) is 0 Å². The summed E-state index contributed by atoms with van der Waals surface area (Å²) >= 11 is 0.297. The van der Waals surface area contributed by atoms with Gasteiger partial charge in [0, 0.05) is 0 Å². The Hall–Kier alpha value is 2.47. The van der Waals surface area contributed by atoms with Gasteiger partial charge >= 0.3 is 60.4 Å². The summed E-state index contributed by atoms with van der Waals surface area (Å²) in [5, 5.41) is 0. The van der Waals surface area contributed by atoms with Crippen molar-refractivity contribution in [2.45, 2.75) is 0 Å². The standard InChI is InChI=1S/FHP6S/c1-8-7(4)6(3)5-2/h5H. The molecule has 0 aromatic heterocycles. The van der Waals surface area contributed by atoms with Crippen LogP contribution >= 0.6 is 56.5 Å².